The number of aromatic amines is 1. The van der Waals surface area contributed by atoms with Gasteiger partial charge in [0.2, 0.25) is 11.8 Å². The van der Waals surface area contributed by atoms with E-state index in [4.69, 9.17) is 10.5 Å². The molecule has 1 atom stereocenters. The summed E-state index contributed by atoms with van der Waals surface area (Å²) in [5.74, 6) is -2.38. The number of aromatic nitrogens is 2. The van der Waals surface area contributed by atoms with Gasteiger partial charge in [-0.15, -0.1) is 5.10 Å². The van der Waals surface area contributed by atoms with Gasteiger partial charge in [0.25, 0.3) is 5.69 Å². The van der Waals surface area contributed by atoms with E-state index < -0.39 is 45.7 Å². The molecule has 2 aromatic rings. The number of hydrogen-bond donors (Lipinski definition) is 2. The Morgan fingerprint density at radius 1 is 1.40 bits per heavy atom. The van der Waals surface area contributed by atoms with Gasteiger partial charge in [-0.25, -0.2) is 0 Å². The van der Waals surface area contributed by atoms with Gasteiger partial charge in [0, 0.05) is 11.6 Å². The van der Waals surface area contributed by atoms with E-state index in [0.29, 0.717) is 0 Å². The van der Waals surface area contributed by atoms with Crippen molar-refractivity contribution in [3.63, 3.8) is 0 Å². The highest BCUT2D eigenvalue weighted by molar-refractivity contribution is 5.60. The van der Waals surface area contributed by atoms with Crippen molar-refractivity contribution in [2.45, 2.75) is 12.1 Å². The predicted molar refractivity (Wildman–Crippen MR) is 76.0 cm³/mol. The number of H-pyrrole nitrogens is 1. The maximum Gasteiger partial charge on any atom is 0.433 e. The number of nitrogens with one attached hydrogen (secondary N) is 1. The van der Waals surface area contributed by atoms with Crippen LogP contribution in [0.4, 0.5) is 18.9 Å². The van der Waals surface area contributed by atoms with Crippen LogP contribution in [-0.2, 0) is 6.18 Å². The van der Waals surface area contributed by atoms with E-state index in [-0.39, 0.29) is 11.1 Å². The van der Waals surface area contributed by atoms with Crippen LogP contribution >= 0.6 is 0 Å². The third-order valence-corrected chi connectivity index (χ3v) is 3.67. The van der Waals surface area contributed by atoms with Gasteiger partial charge < -0.3 is 10.5 Å². The van der Waals surface area contributed by atoms with Crippen LogP contribution in [0.2, 0.25) is 0 Å². The Kier molecular flexibility index (Phi) is 3.60. The van der Waals surface area contributed by atoms with E-state index in [1.807, 2.05) is 5.10 Å². The van der Waals surface area contributed by atoms with Crippen LogP contribution in [0.25, 0.3) is 0 Å². The van der Waals surface area contributed by atoms with E-state index in [1.54, 1.807) is 6.07 Å². The first kappa shape index (κ1) is 16.3. The highest BCUT2D eigenvalue weighted by atomic mass is 19.4. The average Bonchev–Trinajstić information content (AvgIpc) is 2.96. The van der Waals surface area contributed by atoms with Crippen molar-refractivity contribution in [1.82, 2.24) is 10.2 Å². The molecule has 0 bridgehead atoms. The number of nitrogens with two attached hydrogens (primary N) is 1. The third kappa shape index (κ3) is 2.53. The van der Waals surface area contributed by atoms with E-state index >= 15 is 0 Å². The fraction of sp³-hybridized carbons (Fsp3) is 0.143. The van der Waals surface area contributed by atoms with Crippen LogP contribution in [0.15, 0.2) is 35.7 Å². The van der Waals surface area contributed by atoms with Gasteiger partial charge in [-0.05, 0) is 0 Å². The number of allylic oxidation sites excluding steroid dienone is 1. The molecule has 25 heavy (non-hydrogen) atoms. The Morgan fingerprint density at radius 2 is 2.08 bits per heavy atom. The van der Waals surface area contributed by atoms with Gasteiger partial charge in [-0.2, -0.15) is 18.4 Å². The lowest BCUT2D eigenvalue weighted by molar-refractivity contribution is -0.385. The number of nitriles is 1. The maximum atomic E-state index is 13.3. The van der Waals surface area contributed by atoms with Crippen LogP contribution in [0.1, 0.15) is 22.7 Å². The molecule has 2 heterocycles. The van der Waals surface area contributed by atoms with E-state index in [1.165, 1.54) is 18.2 Å². The molecule has 0 amide bonds. The second-order valence-electron chi connectivity index (χ2n) is 5.06. The molecule has 3 N–H and O–H groups in total. The molecule has 0 spiro atoms. The fourth-order valence-electron chi connectivity index (χ4n) is 2.67. The molecule has 1 aromatic heterocycles. The lowest BCUT2D eigenvalue weighted by atomic mass is 9.83. The normalized spacial score (nSPS) is 16.8. The third-order valence-electron chi connectivity index (χ3n) is 3.67. The molecule has 128 valence electrons. The first-order valence-corrected chi connectivity index (χ1v) is 6.72. The Balaban J connectivity index is 2.34. The predicted octanol–water partition coefficient (Wildman–Crippen LogP) is 2.55. The monoisotopic (exact) mass is 351 g/mol. The van der Waals surface area contributed by atoms with Gasteiger partial charge in [0.05, 0.1) is 16.4 Å². The number of benzene rings is 1. The summed E-state index contributed by atoms with van der Waals surface area (Å²) in [5, 5.41) is 25.8. The summed E-state index contributed by atoms with van der Waals surface area (Å²) in [4.78, 5) is 10.5. The van der Waals surface area contributed by atoms with Gasteiger partial charge in [0.15, 0.2) is 0 Å². The van der Waals surface area contributed by atoms with Crippen LogP contribution in [0.3, 0.4) is 0 Å². The molecular formula is C14H8F3N5O3. The second kappa shape index (κ2) is 5.52. The van der Waals surface area contributed by atoms with Crippen molar-refractivity contribution in [2.24, 2.45) is 5.73 Å². The van der Waals surface area contributed by atoms with Gasteiger partial charge >= 0.3 is 6.18 Å². The lowest BCUT2D eigenvalue weighted by Gasteiger charge is -2.24. The molecule has 0 aliphatic carbocycles. The number of nitro groups is 1. The molecule has 11 heteroatoms. The Bertz CT molecular complexity index is 942. The summed E-state index contributed by atoms with van der Waals surface area (Å²) in [6.45, 7) is 0. The average molecular weight is 351 g/mol. The summed E-state index contributed by atoms with van der Waals surface area (Å²) < 4.78 is 44.9. The van der Waals surface area contributed by atoms with Gasteiger partial charge in [-0.3, -0.25) is 15.2 Å². The van der Waals surface area contributed by atoms with Crippen LogP contribution < -0.4 is 10.5 Å². The zero-order valence-electron chi connectivity index (χ0n) is 12.2. The number of alkyl halides is 3. The number of nitro benzene ring substituents is 1. The van der Waals surface area contributed by atoms with Crippen LogP contribution in [0.5, 0.6) is 5.88 Å². The molecule has 8 nitrogen and oxygen atoms in total. The number of halogens is 3. The van der Waals surface area contributed by atoms with E-state index in [0.717, 1.165) is 6.07 Å². The molecule has 1 aliphatic heterocycles. The largest absolute Gasteiger partial charge is 0.433 e. The molecule has 0 saturated heterocycles. The number of rotatable bonds is 2. The number of ether oxygens (including phenoxy) is 1. The molecule has 1 aliphatic rings. The fourth-order valence-corrected chi connectivity index (χ4v) is 2.67. The van der Waals surface area contributed by atoms with Crippen molar-refractivity contribution in [2.75, 3.05) is 0 Å². The highest BCUT2D eigenvalue weighted by Crippen LogP contribution is 2.48. The first-order chi connectivity index (χ1) is 11.8. The van der Waals surface area contributed by atoms with Gasteiger partial charge in [0.1, 0.15) is 17.3 Å². The number of nitrogens with zero attached hydrogens (tertiary/aromatic N) is 3. The van der Waals surface area contributed by atoms with Crippen molar-refractivity contribution >= 4 is 5.69 Å². The number of hydrogen-bond acceptors (Lipinski definition) is 6. The SMILES string of the molecule is N#CC1=C(N)Oc2n[nH]c(C(F)(F)F)c2C1c1ccccc1[N+](=O)[O-]. The minimum absolute atomic E-state index is 0.122. The van der Waals surface area contributed by atoms with Gasteiger partial charge in [-0.1, -0.05) is 18.2 Å². The van der Waals surface area contributed by atoms with Crippen molar-refractivity contribution in [3.05, 3.63) is 62.7 Å². The molecule has 1 aromatic carbocycles. The lowest BCUT2D eigenvalue weighted by Crippen LogP contribution is -2.23. The first-order valence-electron chi connectivity index (χ1n) is 6.72. The second-order valence-corrected chi connectivity index (χ2v) is 5.06. The molecule has 0 radical (unpaired) electrons. The van der Waals surface area contributed by atoms with E-state index in [2.05, 4.69) is 5.10 Å². The van der Waals surface area contributed by atoms with Crippen molar-refractivity contribution in [1.29, 1.82) is 5.26 Å². The number of fused-ring (bicyclic) bond motifs is 1. The topological polar surface area (TPSA) is 131 Å². The maximum absolute atomic E-state index is 13.3. The number of para-hydroxylation sites is 1. The Hall–Kier alpha value is -3.55. The Morgan fingerprint density at radius 3 is 2.68 bits per heavy atom. The minimum Gasteiger partial charge on any atom is -0.420 e. The minimum atomic E-state index is -4.83. The summed E-state index contributed by atoms with van der Waals surface area (Å²) >= 11 is 0. The molecule has 3 rings (SSSR count). The summed E-state index contributed by atoms with van der Waals surface area (Å²) in [6, 6.07) is 6.84. The zero-order chi connectivity index (χ0) is 18.4. The summed E-state index contributed by atoms with van der Waals surface area (Å²) in [6.07, 6.45) is -4.83. The quantitative estimate of drug-likeness (QED) is 0.631. The molecule has 0 fully saturated rings. The van der Waals surface area contributed by atoms with Crippen LogP contribution in [0, 0.1) is 21.4 Å². The smallest absolute Gasteiger partial charge is 0.420 e. The highest BCUT2D eigenvalue weighted by Gasteiger charge is 2.45. The zero-order valence-corrected chi connectivity index (χ0v) is 12.2. The van der Waals surface area contributed by atoms with E-state index in [9.17, 15) is 28.5 Å². The Labute approximate surface area is 137 Å². The van der Waals surface area contributed by atoms with Crippen molar-refractivity contribution < 1.29 is 22.8 Å². The standard InChI is InChI=1S/C14H8F3N5O3/c15-14(16,17)11-10-9(6-3-1-2-4-8(6)22(23)24)7(5-18)12(19)25-13(10)21-20-11/h1-4,9H,19H2,(H,20,21). The summed E-state index contributed by atoms with van der Waals surface area (Å²) in [7, 11) is 0. The van der Waals surface area contributed by atoms with Crippen LogP contribution in [-0.4, -0.2) is 15.1 Å². The molecule has 1 unspecified atom stereocenters. The van der Waals surface area contributed by atoms with Crippen molar-refractivity contribution in [3.8, 4) is 11.9 Å². The molecule has 0 saturated carbocycles. The molecular weight excluding hydrogens is 343 g/mol. The summed E-state index contributed by atoms with van der Waals surface area (Å²) in [5.41, 5.74) is 2.89.